The lowest BCUT2D eigenvalue weighted by molar-refractivity contribution is -0.137. The highest BCUT2D eigenvalue weighted by Gasteiger charge is 2.50. The number of alkyl halides is 3. The summed E-state index contributed by atoms with van der Waals surface area (Å²) >= 11 is 5.02. The van der Waals surface area contributed by atoms with Gasteiger partial charge in [-0.3, -0.25) is 4.79 Å². The number of hydrogen-bond donors (Lipinski definition) is 0. The van der Waals surface area contributed by atoms with Crippen molar-refractivity contribution in [3.63, 3.8) is 0 Å². The molecule has 1 atom stereocenters. The van der Waals surface area contributed by atoms with Crippen LogP contribution in [0.15, 0.2) is 36.4 Å². The summed E-state index contributed by atoms with van der Waals surface area (Å²) in [6.45, 7) is 0.881. The Morgan fingerprint density at radius 1 is 1.16 bits per heavy atom. The average Bonchev–Trinajstić information content (AvgIpc) is 2.94. The van der Waals surface area contributed by atoms with Crippen LogP contribution in [0.25, 0.3) is 0 Å². The van der Waals surface area contributed by atoms with Crippen LogP contribution in [0.4, 0.5) is 23.2 Å². The number of carbonyl (C=O) groups is 1. The second-order valence-electron chi connectivity index (χ2n) is 6.62. The number of anilines is 1. The summed E-state index contributed by atoms with van der Waals surface area (Å²) in [5, 5.41) is 17.3. The summed E-state index contributed by atoms with van der Waals surface area (Å²) in [4.78, 5) is 13.7. The molecule has 1 aliphatic rings. The minimum Gasteiger partial charge on any atom is -0.489 e. The molecule has 1 amide bonds. The highest BCUT2D eigenvalue weighted by Crippen LogP contribution is 2.37. The largest absolute Gasteiger partial charge is 0.489 e. The van der Waals surface area contributed by atoms with Crippen molar-refractivity contribution in [2.24, 2.45) is 0 Å². The molecule has 6 nitrogen and oxygen atoms in total. The monoisotopic (exact) mass is 449 g/mol. The second kappa shape index (κ2) is 7.85. The zero-order chi connectivity index (χ0) is 23.0. The number of hydrogen-bond acceptors (Lipinski definition) is 6. The zero-order valence-electron chi connectivity index (χ0n) is 15.7. The quantitative estimate of drug-likeness (QED) is 0.517. The van der Waals surface area contributed by atoms with Gasteiger partial charge in [0.1, 0.15) is 24.2 Å². The fourth-order valence-electron chi connectivity index (χ4n) is 2.82. The average molecular weight is 449 g/mol. The van der Waals surface area contributed by atoms with Crippen molar-refractivity contribution in [3.8, 4) is 17.9 Å². The number of nitriles is 2. The topological polar surface area (TPSA) is 86.3 Å². The third-order valence-electron chi connectivity index (χ3n) is 4.41. The lowest BCUT2D eigenvalue weighted by atomic mass is 10.0. The Morgan fingerprint density at radius 2 is 1.81 bits per heavy atom. The molecule has 2 aromatic rings. The summed E-state index contributed by atoms with van der Waals surface area (Å²) in [6, 6.07) is 9.27. The van der Waals surface area contributed by atoms with Gasteiger partial charge in [-0.1, -0.05) is 0 Å². The van der Waals surface area contributed by atoms with E-state index >= 15 is 0 Å². The van der Waals surface area contributed by atoms with Gasteiger partial charge in [0.2, 0.25) is 5.60 Å². The van der Waals surface area contributed by atoms with Crippen LogP contribution in [0.2, 0.25) is 0 Å². The van der Waals surface area contributed by atoms with Gasteiger partial charge in [0.05, 0.1) is 28.4 Å². The van der Waals surface area contributed by atoms with E-state index in [2.05, 4.69) is 0 Å². The van der Waals surface area contributed by atoms with Crippen molar-refractivity contribution in [3.05, 3.63) is 58.9 Å². The van der Waals surface area contributed by atoms with E-state index in [0.717, 1.165) is 23.1 Å². The molecule has 1 fully saturated rings. The second-order valence-corrected chi connectivity index (χ2v) is 6.97. The van der Waals surface area contributed by atoms with Crippen molar-refractivity contribution in [1.82, 2.24) is 0 Å². The van der Waals surface area contributed by atoms with E-state index in [1.807, 2.05) is 0 Å². The van der Waals surface area contributed by atoms with Gasteiger partial charge in [-0.25, -0.2) is 9.29 Å². The molecule has 1 saturated heterocycles. The van der Waals surface area contributed by atoms with Crippen LogP contribution in [-0.4, -0.2) is 23.3 Å². The van der Waals surface area contributed by atoms with E-state index in [1.165, 1.54) is 25.1 Å². The van der Waals surface area contributed by atoms with Gasteiger partial charge in [-0.05, 0) is 49.5 Å². The molecule has 31 heavy (non-hydrogen) atoms. The third kappa shape index (κ3) is 4.13. The van der Waals surface area contributed by atoms with Crippen molar-refractivity contribution in [2.45, 2.75) is 18.7 Å². The first kappa shape index (κ1) is 22.0. The lowest BCUT2D eigenvalue weighted by Gasteiger charge is -2.21. The van der Waals surface area contributed by atoms with Crippen molar-refractivity contribution in [1.29, 1.82) is 10.5 Å². The molecule has 0 saturated carbocycles. The molecule has 0 aromatic heterocycles. The number of benzene rings is 2. The maximum atomic E-state index is 13.7. The maximum Gasteiger partial charge on any atom is 0.417 e. The number of amides is 1. The Morgan fingerprint density at radius 3 is 2.39 bits per heavy atom. The summed E-state index contributed by atoms with van der Waals surface area (Å²) in [6.07, 6.45) is -4.82. The molecular weight excluding hydrogens is 438 g/mol. The Bertz CT molecular complexity index is 1170. The van der Waals surface area contributed by atoms with Crippen molar-refractivity contribution >= 4 is 29.0 Å². The SMILES string of the molecule is CC1(COc2ccc(C#N)c(F)c2)OC(=S)N(c2ccc(C#N)c(C(F)(F)F)c2)C1=O. The van der Waals surface area contributed by atoms with Gasteiger partial charge in [-0.2, -0.15) is 23.7 Å². The Hall–Kier alpha value is -3.70. The van der Waals surface area contributed by atoms with Gasteiger partial charge in [-0.15, -0.1) is 0 Å². The minimum absolute atomic E-state index is 0.0104. The zero-order valence-corrected chi connectivity index (χ0v) is 16.5. The fourth-order valence-corrected chi connectivity index (χ4v) is 3.19. The highest BCUT2D eigenvalue weighted by atomic mass is 32.1. The van der Waals surface area contributed by atoms with Crippen LogP contribution >= 0.6 is 12.2 Å². The van der Waals surface area contributed by atoms with E-state index in [0.29, 0.717) is 6.07 Å². The molecule has 1 unspecified atom stereocenters. The molecule has 11 heteroatoms. The standard InChI is InChI=1S/C20H11F4N3O3S/c1-19(10-29-14-5-3-12(9-26)16(21)7-14)17(28)27(18(31)30-19)13-4-2-11(8-25)15(6-13)20(22,23)24/h2-7H,10H2,1H3. The molecule has 3 rings (SSSR count). The van der Waals surface area contributed by atoms with Gasteiger partial charge in [0.15, 0.2) is 0 Å². The first-order valence-electron chi connectivity index (χ1n) is 8.51. The number of thiocarbonyl (C=S) groups is 1. The van der Waals surface area contributed by atoms with Crippen LogP contribution in [-0.2, 0) is 15.7 Å². The van der Waals surface area contributed by atoms with E-state index < -0.39 is 46.4 Å². The Balaban J connectivity index is 1.86. The summed E-state index contributed by atoms with van der Waals surface area (Å²) < 4.78 is 64.3. The normalized spacial score (nSPS) is 18.4. The molecule has 0 radical (unpaired) electrons. The molecular formula is C20H11F4N3O3S. The first-order chi connectivity index (χ1) is 14.5. The maximum absolute atomic E-state index is 13.7. The van der Waals surface area contributed by atoms with Crippen molar-refractivity contribution < 1.29 is 31.8 Å². The van der Waals surface area contributed by atoms with Crippen LogP contribution < -0.4 is 9.64 Å². The van der Waals surface area contributed by atoms with E-state index in [1.54, 1.807) is 6.07 Å². The molecule has 2 aromatic carbocycles. The smallest absolute Gasteiger partial charge is 0.417 e. The van der Waals surface area contributed by atoms with Crippen LogP contribution in [0.5, 0.6) is 5.75 Å². The summed E-state index contributed by atoms with van der Waals surface area (Å²) in [5.74, 6) is -1.61. The molecule has 0 aliphatic carbocycles. The van der Waals surface area contributed by atoms with E-state index in [4.69, 9.17) is 32.2 Å². The predicted octanol–water partition coefficient (Wildman–Crippen LogP) is 4.07. The van der Waals surface area contributed by atoms with Gasteiger partial charge < -0.3 is 9.47 Å². The molecule has 1 heterocycles. The minimum atomic E-state index is -4.82. The molecule has 0 bridgehead atoms. The summed E-state index contributed by atoms with van der Waals surface area (Å²) in [5.41, 5.74) is -3.95. The first-order valence-corrected chi connectivity index (χ1v) is 8.92. The van der Waals surface area contributed by atoms with Gasteiger partial charge in [0, 0.05) is 6.07 Å². The van der Waals surface area contributed by atoms with Gasteiger partial charge >= 0.3 is 6.18 Å². The number of rotatable bonds is 4. The molecule has 0 spiro atoms. The highest BCUT2D eigenvalue weighted by molar-refractivity contribution is 7.80. The lowest BCUT2D eigenvalue weighted by Crippen LogP contribution is -2.43. The van der Waals surface area contributed by atoms with Crippen molar-refractivity contribution in [2.75, 3.05) is 11.5 Å². The fraction of sp³-hybridized carbons (Fsp3) is 0.200. The Labute approximate surface area is 178 Å². The molecule has 1 aliphatic heterocycles. The third-order valence-corrected chi connectivity index (χ3v) is 4.68. The van der Waals surface area contributed by atoms with Crippen LogP contribution in [0.1, 0.15) is 23.6 Å². The number of carbonyl (C=O) groups excluding carboxylic acids is 1. The van der Waals surface area contributed by atoms with E-state index in [9.17, 15) is 22.4 Å². The molecule has 158 valence electrons. The number of halogens is 4. The van der Waals surface area contributed by atoms with E-state index in [-0.39, 0.29) is 17.0 Å². The Kier molecular flexibility index (Phi) is 5.57. The summed E-state index contributed by atoms with van der Waals surface area (Å²) in [7, 11) is 0. The van der Waals surface area contributed by atoms with Crippen LogP contribution in [0, 0.1) is 28.5 Å². The number of ether oxygens (including phenoxy) is 2. The molecule has 0 N–H and O–H groups in total. The van der Waals surface area contributed by atoms with Gasteiger partial charge in [0.25, 0.3) is 11.1 Å². The van der Waals surface area contributed by atoms with Crippen LogP contribution in [0.3, 0.4) is 0 Å². The predicted molar refractivity (Wildman–Crippen MR) is 102 cm³/mol. The number of nitrogens with zero attached hydrogens (tertiary/aromatic N) is 3.